The third kappa shape index (κ3) is 8.81. The first-order chi connectivity index (χ1) is 26.9. The zero-order valence-electron chi connectivity index (χ0n) is 33.2. The smallest absolute Gasteiger partial charge is 0.407 e. The van der Waals surface area contributed by atoms with Gasteiger partial charge in [-0.3, -0.25) is 14.5 Å². The van der Waals surface area contributed by atoms with E-state index in [4.69, 9.17) is 9.72 Å². The van der Waals surface area contributed by atoms with Crippen LogP contribution in [0.2, 0.25) is 0 Å². The van der Waals surface area contributed by atoms with Crippen LogP contribution < -0.4 is 16.0 Å². The lowest BCUT2D eigenvalue weighted by atomic mass is 9.85. The molecule has 2 saturated heterocycles. The highest BCUT2D eigenvalue weighted by Gasteiger charge is 2.39. The maximum atomic E-state index is 15.3. The van der Waals surface area contributed by atoms with Crippen molar-refractivity contribution in [2.24, 2.45) is 5.41 Å². The van der Waals surface area contributed by atoms with E-state index in [0.29, 0.717) is 69.0 Å². The number of hydrogen-bond acceptors (Lipinski definition) is 8. The number of nitrogens with one attached hydrogen (secondary N) is 3. The van der Waals surface area contributed by atoms with Gasteiger partial charge in [0.2, 0.25) is 11.8 Å². The van der Waals surface area contributed by atoms with E-state index in [1.807, 2.05) is 62.8 Å². The summed E-state index contributed by atoms with van der Waals surface area (Å²) in [5.74, 6) is -1.20. The van der Waals surface area contributed by atoms with Gasteiger partial charge in [0, 0.05) is 87.9 Å². The fraction of sp³-hybridized carbons (Fsp3) is 0.500. The standard InChI is InChI=1S/C42H55FN8O5/c1-6-36-33(37(47-31-14-18-56-19-15-31)34-24-46-51(8-3)38(34)48-36)23-45-40(53)42(5,7-2)39(52)44-22-28-12-13-35(43)32(21-28)30-11-9-10-29(20-30)26-49-16-17-50(41(54)55)27(4)25-49/h9-13,20-21,24,27,31H,6-8,14-19,22-23,25-26H2,1-5H3,(H,44,52)(H,45,53)(H,47,48)(H,54,55)/t27-,42?/m0/s1. The topological polar surface area (TPSA) is 154 Å². The van der Waals surface area contributed by atoms with Gasteiger partial charge in [-0.2, -0.15) is 5.10 Å². The molecule has 6 rings (SSSR count). The minimum absolute atomic E-state index is 0.113. The number of nitrogens with zero attached hydrogens (tertiary/aromatic N) is 5. The van der Waals surface area contributed by atoms with Crippen LogP contribution in [0, 0.1) is 11.2 Å². The summed E-state index contributed by atoms with van der Waals surface area (Å²) in [5.41, 5.74) is 4.88. The first-order valence-corrected chi connectivity index (χ1v) is 19.8. The van der Waals surface area contributed by atoms with Crippen LogP contribution in [0.1, 0.15) is 76.3 Å². The molecule has 1 unspecified atom stereocenters. The average Bonchev–Trinajstić information content (AvgIpc) is 3.62. The number of anilines is 1. The Morgan fingerprint density at radius 3 is 2.43 bits per heavy atom. The molecule has 56 heavy (non-hydrogen) atoms. The highest BCUT2D eigenvalue weighted by molar-refractivity contribution is 6.04. The number of hydrogen-bond donors (Lipinski definition) is 4. The van der Waals surface area contributed by atoms with Gasteiger partial charge < -0.3 is 30.7 Å². The van der Waals surface area contributed by atoms with Crippen LogP contribution in [0.15, 0.2) is 48.7 Å². The van der Waals surface area contributed by atoms with Crippen LogP contribution in [0.25, 0.3) is 22.2 Å². The summed E-state index contributed by atoms with van der Waals surface area (Å²) < 4.78 is 22.7. The first-order valence-electron chi connectivity index (χ1n) is 19.8. The van der Waals surface area contributed by atoms with Gasteiger partial charge in [0.15, 0.2) is 5.65 Å². The monoisotopic (exact) mass is 770 g/mol. The molecule has 2 aliphatic rings. The number of carbonyl (C=O) groups is 3. The van der Waals surface area contributed by atoms with Crippen molar-refractivity contribution in [3.63, 3.8) is 0 Å². The molecule has 13 nitrogen and oxygen atoms in total. The van der Waals surface area contributed by atoms with Crippen molar-refractivity contribution in [3.8, 4) is 11.1 Å². The molecule has 300 valence electrons. The molecular formula is C42H55FN8O5. The number of aryl methyl sites for hydroxylation is 2. The quantitative estimate of drug-likeness (QED) is 0.114. The normalized spacial score (nSPS) is 17.8. The number of rotatable bonds is 14. The number of aromatic nitrogens is 3. The Balaban J connectivity index is 1.13. The van der Waals surface area contributed by atoms with Crippen LogP contribution in [-0.4, -0.2) is 92.5 Å². The Hall–Kier alpha value is -5.08. The van der Waals surface area contributed by atoms with Crippen LogP contribution in [-0.2, 0) is 46.9 Å². The molecule has 0 radical (unpaired) electrons. The summed E-state index contributed by atoms with van der Waals surface area (Å²) in [4.78, 5) is 47.8. The van der Waals surface area contributed by atoms with Crippen LogP contribution >= 0.6 is 0 Å². The Morgan fingerprint density at radius 1 is 1.00 bits per heavy atom. The summed E-state index contributed by atoms with van der Waals surface area (Å²) in [7, 11) is 0. The lowest BCUT2D eigenvalue weighted by molar-refractivity contribution is -0.143. The first kappa shape index (κ1) is 40.6. The van der Waals surface area contributed by atoms with Crippen molar-refractivity contribution in [1.29, 1.82) is 0 Å². The van der Waals surface area contributed by atoms with Crippen molar-refractivity contribution in [2.75, 3.05) is 38.2 Å². The van der Waals surface area contributed by atoms with E-state index < -0.39 is 23.3 Å². The predicted molar refractivity (Wildman–Crippen MR) is 213 cm³/mol. The third-order valence-electron chi connectivity index (χ3n) is 11.4. The summed E-state index contributed by atoms with van der Waals surface area (Å²) >= 11 is 0. The lowest BCUT2D eigenvalue weighted by Crippen LogP contribution is -2.53. The van der Waals surface area contributed by atoms with E-state index >= 15 is 4.39 Å². The van der Waals surface area contributed by atoms with Gasteiger partial charge in [-0.25, -0.2) is 18.9 Å². The molecule has 4 aromatic rings. The number of benzene rings is 2. The third-order valence-corrected chi connectivity index (χ3v) is 11.4. The number of carboxylic acid groups (broad SMARTS) is 1. The molecule has 0 saturated carbocycles. The number of fused-ring (bicyclic) bond motifs is 1. The van der Waals surface area contributed by atoms with Crippen LogP contribution in [0.5, 0.6) is 0 Å². The fourth-order valence-electron chi connectivity index (χ4n) is 7.73. The van der Waals surface area contributed by atoms with Gasteiger partial charge in [0.05, 0.1) is 17.3 Å². The number of carbonyl (C=O) groups excluding carboxylic acids is 2. The molecule has 2 aromatic carbocycles. The number of piperazine rings is 1. The Bertz CT molecular complexity index is 2050. The van der Waals surface area contributed by atoms with E-state index in [0.717, 1.165) is 46.4 Å². The lowest BCUT2D eigenvalue weighted by Gasteiger charge is -2.38. The van der Waals surface area contributed by atoms with Gasteiger partial charge in [0.1, 0.15) is 11.2 Å². The maximum Gasteiger partial charge on any atom is 0.407 e. The molecular weight excluding hydrogens is 716 g/mol. The SMILES string of the molecule is CCc1nc2c(cnn2CC)c(NC2CCOCC2)c1CNC(=O)C(C)(CC)C(=O)NCc1ccc(F)c(-c2cccc(CN3CCN(C(=O)O)[C@@H](C)C3)c2)c1. The molecule has 0 bridgehead atoms. The summed E-state index contributed by atoms with van der Waals surface area (Å²) in [6.45, 7) is 14.1. The second-order valence-corrected chi connectivity index (χ2v) is 15.1. The van der Waals surface area contributed by atoms with E-state index in [2.05, 4.69) is 25.9 Å². The van der Waals surface area contributed by atoms with E-state index in [9.17, 15) is 19.5 Å². The molecule has 4 N–H and O–H groups in total. The predicted octanol–water partition coefficient (Wildman–Crippen LogP) is 5.94. The fourth-order valence-corrected chi connectivity index (χ4v) is 7.73. The molecule has 2 atom stereocenters. The van der Waals surface area contributed by atoms with Crippen molar-refractivity contribution < 1.29 is 28.6 Å². The number of pyridine rings is 1. The molecule has 0 spiro atoms. The van der Waals surface area contributed by atoms with Crippen molar-refractivity contribution in [3.05, 3.63) is 76.9 Å². The minimum atomic E-state index is -1.37. The second kappa shape index (κ2) is 17.8. The Morgan fingerprint density at radius 2 is 1.75 bits per heavy atom. The van der Waals surface area contributed by atoms with Gasteiger partial charge in [0.25, 0.3) is 0 Å². The van der Waals surface area contributed by atoms with E-state index in [1.165, 1.54) is 11.0 Å². The van der Waals surface area contributed by atoms with E-state index in [1.54, 1.807) is 19.1 Å². The number of halogens is 1. The van der Waals surface area contributed by atoms with E-state index in [-0.39, 0.29) is 37.4 Å². The van der Waals surface area contributed by atoms with Gasteiger partial charge >= 0.3 is 6.09 Å². The minimum Gasteiger partial charge on any atom is -0.465 e. The zero-order chi connectivity index (χ0) is 40.0. The summed E-state index contributed by atoms with van der Waals surface area (Å²) in [5, 5.41) is 24.7. The highest BCUT2D eigenvalue weighted by Crippen LogP contribution is 2.32. The van der Waals surface area contributed by atoms with Crippen molar-refractivity contribution >= 4 is 34.6 Å². The van der Waals surface area contributed by atoms with Crippen molar-refractivity contribution in [2.45, 2.75) is 98.6 Å². The zero-order valence-corrected chi connectivity index (χ0v) is 33.2. The van der Waals surface area contributed by atoms with Crippen LogP contribution in [0.3, 0.4) is 0 Å². The Labute approximate surface area is 328 Å². The second-order valence-electron chi connectivity index (χ2n) is 15.1. The number of ether oxygens (including phenoxy) is 1. The van der Waals surface area contributed by atoms with Gasteiger partial charge in [-0.05, 0) is 81.3 Å². The van der Waals surface area contributed by atoms with Crippen LogP contribution in [0.4, 0.5) is 14.9 Å². The van der Waals surface area contributed by atoms with Gasteiger partial charge in [-0.15, -0.1) is 0 Å². The Kier molecular flexibility index (Phi) is 12.9. The molecule has 14 heteroatoms. The average molecular weight is 771 g/mol. The maximum absolute atomic E-state index is 15.3. The molecule has 2 aliphatic heterocycles. The molecule has 2 fully saturated rings. The molecule has 0 aliphatic carbocycles. The number of amides is 3. The van der Waals surface area contributed by atoms with Crippen molar-refractivity contribution in [1.82, 2.24) is 35.2 Å². The summed E-state index contributed by atoms with van der Waals surface area (Å²) in [6.07, 6.45) is 3.57. The molecule has 3 amide bonds. The van der Waals surface area contributed by atoms with Gasteiger partial charge in [-0.1, -0.05) is 38.1 Å². The largest absolute Gasteiger partial charge is 0.465 e. The summed E-state index contributed by atoms with van der Waals surface area (Å²) in [6, 6.07) is 12.5. The molecule has 2 aromatic heterocycles. The highest BCUT2D eigenvalue weighted by atomic mass is 19.1. The molecule has 4 heterocycles.